The van der Waals surface area contributed by atoms with Gasteiger partial charge in [-0.1, -0.05) is 68.4 Å². The van der Waals surface area contributed by atoms with Crippen LogP contribution in [0.2, 0.25) is 0 Å². The van der Waals surface area contributed by atoms with E-state index in [1.165, 1.54) is 29.4 Å². The van der Waals surface area contributed by atoms with Crippen LogP contribution < -0.4 is 9.86 Å². The number of nitrogens with zero attached hydrogens (tertiary/aromatic N) is 5. The molecule has 9 nitrogen and oxygen atoms in total. The Morgan fingerprint density at radius 2 is 1.52 bits per heavy atom. The van der Waals surface area contributed by atoms with Crippen LogP contribution in [-0.4, -0.2) is 65.7 Å². The van der Waals surface area contributed by atoms with Gasteiger partial charge in [-0.05, 0) is 55.7 Å². The van der Waals surface area contributed by atoms with Gasteiger partial charge >= 0.3 is 0 Å². The Morgan fingerprint density at radius 3 is 2.16 bits per heavy atom. The van der Waals surface area contributed by atoms with Crippen LogP contribution in [-0.2, 0) is 23.6 Å². The predicted octanol–water partition coefficient (Wildman–Crippen LogP) is 4.82. The molecule has 1 aromatic heterocycles. The monoisotopic (exact) mass is 615 g/mol. The minimum Gasteiger partial charge on any atom is -0.333 e. The highest BCUT2D eigenvalue weighted by molar-refractivity contribution is 7.92. The molecule has 44 heavy (non-hydrogen) atoms. The minimum atomic E-state index is -4.16. The smallest absolute Gasteiger partial charge is 0.296 e. The lowest BCUT2D eigenvalue weighted by Crippen LogP contribution is -2.59. The molecule has 0 bridgehead atoms. The number of hydrogen-bond acceptors (Lipinski definition) is 5. The van der Waals surface area contributed by atoms with Gasteiger partial charge in [-0.3, -0.25) is 23.5 Å². The third-order valence-electron chi connectivity index (χ3n) is 8.82. The van der Waals surface area contributed by atoms with Gasteiger partial charge in [0.25, 0.3) is 21.5 Å². The molecule has 0 radical (unpaired) electrons. The van der Waals surface area contributed by atoms with E-state index in [0.29, 0.717) is 23.5 Å². The first kappa shape index (κ1) is 31.3. The van der Waals surface area contributed by atoms with Gasteiger partial charge in [-0.25, -0.2) is 13.1 Å². The Labute approximate surface area is 260 Å². The maximum absolute atomic E-state index is 14.0. The molecule has 10 heteroatoms. The molecule has 1 fully saturated rings. The van der Waals surface area contributed by atoms with Gasteiger partial charge in [0.15, 0.2) is 0 Å². The van der Waals surface area contributed by atoms with Crippen molar-refractivity contribution >= 4 is 21.6 Å². The van der Waals surface area contributed by atoms with Crippen molar-refractivity contribution in [3.8, 4) is 5.69 Å². The summed E-state index contributed by atoms with van der Waals surface area (Å²) in [6.07, 6.45) is 1.68. The molecule has 5 rings (SSSR count). The molecule has 0 N–H and O–H groups in total. The summed E-state index contributed by atoms with van der Waals surface area (Å²) in [6.45, 7) is 8.07. The topological polar surface area (TPSA) is 87.9 Å². The average molecular weight is 616 g/mol. The zero-order chi connectivity index (χ0) is 31.6. The van der Waals surface area contributed by atoms with E-state index < -0.39 is 15.6 Å². The average Bonchev–Trinajstić information content (AvgIpc) is 3.27. The van der Waals surface area contributed by atoms with Crippen LogP contribution in [0.25, 0.3) is 5.69 Å². The first-order valence-electron chi connectivity index (χ1n) is 15.1. The van der Waals surface area contributed by atoms with Crippen LogP contribution in [0.4, 0.5) is 5.69 Å². The number of rotatable bonds is 9. The first-order valence-corrected chi connectivity index (χ1v) is 16.5. The Balaban J connectivity index is 1.42. The third kappa shape index (κ3) is 5.84. The minimum absolute atomic E-state index is 0.000344. The van der Waals surface area contributed by atoms with E-state index in [-0.39, 0.29) is 28.6 Å². The molecule has 2 heterocycles. The molecule has 0 aliphatic carbocycles. The zero-order valence-electron chi connectivity index (χ0n) is 26.1. The molecule has 232 valence electrons. The van der Waals surface area contributed by atoms with E-state index in [0.717, 1.165) is 30.2 Å². The Morgan fingerprint density at radius 1 is 0.886 bits per heavy atom. The van der Waals surface area contributed by atoms with Crippen molar-refractivity contribution in [1.29, 1.82) is 0 Å². The normalized spacial score (nSPS) is 17.5. The number of para-hydroxylation sites is 1. The van der Waals surface area contributed by atoms with Gasteiger partial charge in [0.05, 0.1) is 16.3 Å². The molecule has 4 aromatic rings. The molecule has 1 aliphatic heterocycles. The van der Waals surface area contributed by atoms with Gasteiger partial charge in [0, 0.05) is 51.4 Å². The number of carbonyl (C=O) groups is 1. The van der Waals surface area contributed by atoms with Crippen molar-refractivity contribution in [2.75, 3.05) is 24.4 Å². The van der Waals surface area contributed by atoms with Crippen molar-refractivity contribution in [3.05, 3.63) is 112 Å². The van der Waals surface area contributed by atoms with Crippen LogP contribution in [0, 0.1) is 6.92 Å². The van der Waals surface area contributed by atoms with E-state index in [1.54, 1.807) is 42.9 Å². The highest BCUT2D eigenvalue weighted by Gasteiger charge is 2.36. The summed E-state index contributed by atoms with van der Waals surface area (Å²) < 4.78 is 32.0. The summed E-state index contributed by atoms with van der Waals surface area (Å²) >= 11 is 0. The van der Waals surface area contributed by atoms with Crippen molar-refractivity contribution in [2.45, 2.75) is 57.1 Å². The van der Waals surface area contributed by atoms with Gasteiger partial charge < -0.3 is 4.90 Å². The van der Waals surface area contributed by atoms with Crippen LogP contribution in [0.5, 0.6) is 0 Å². The quantitative estimate of drug-likeness (QED) is 0.269. The molecule has 2 atom stereocenters. The molecule has 1 amide bonds. The molecule has 0 saturated carbocycles. The summed E-state index contributed by atoms with van der Waals surface area (Å²) in [6, 6.07) is 25.8. The number of aromatic nitrogens is 2. The summed E-state index contributed by atoms with van der Waals surface area (Å²) in [5, 5.41) is 0. The SMILES string of the molecule is CCC1CN(C(=O)c2cccc(S(=O)(=O)N(C)c3c(C)n(C)n(-c4ccccc4)c3=O)c2)C(CC)CN1Cc1ccccc1. The molecule has 1 aliphatic rings. The summed E-state index contributed by atoms with van der Waals surface area (Å²) in [5.74, 6) is -0.184. The van der Waals surface area contributed by atoms with Gasteiger partial charge in [-0.2, -0.15) is 0 Å². The molecule has 1 saturated heterocycles. The molecule has 3 aromatic carbocycles. The molecule has 2 unspecified atom stereocenters. The van der Waals surface area contributed by atoms with E-state index in [1.807, 2.05) is 41.3 Å². The number of anilines is 1. The maximum atomic E-state index is 14.0. The standard InChI is InChI=1S/C34H41N5O4S/c1-6-28-24-38(29(7-2)23-37(28)22-26-15-10-8-11-16-26)33(40)27-17-14-20-31(21-27)44(42,43)36(5)32-25(3)35(4)39(34(32)41)30-18-12-9-13-19-30/h8-21,28-29H,6-7,22-24H2,1-5H3. The fourth-order valence-electron chi connectivity index (χ4n) is 6.16. The third-order valence-corrected chi connectivity index (χ3v) is 10.6. The summed E-state index contributed by atoms with van der Waals surface area (Å²) in [7, 11) is -1.05. The fourth-order valence-corrected chi connectivity index (χ4v) is 7.45. The largest absolute Gasteiger partial charge is 0.333 e. The van der Waals surface area contributed by atoms with Gasteiger partial charge in [0.2, 0.25) is 0 Å². The van der Waals surface area contributed by atoms with Gasteiger partial charge in [0.1, 0.15) is 5.69 Å². The molecular formula is C34H41N5O4S. The van der Waals surface area contributed by atoms with Crippen LogP contribution in [0.1, 0.15) is 48.3 Å². The summed E-state index contributed by atoms with van der Waals surface area (Å²) in [4.78, 5) is 31.8. The lowest BCUT2D eigenvalue weighted by molar-refractivity contribution is 0.0181. The van der Waals surface area contributed by atoms with E-state index in [4.69, 9.17) is 0 Å². The van der Waals surface area contributed by atoms with Crippen LogP contribution in [0.3, 0.4) is 0 Å². The lowest BCUT2D eigenvalue weighted by Gasteiger charge is -2.46. The number of hydrogen-bond donors (Lipinski definition) is 0. The second-order valence-electron chi connectivity index (χ2n) is 11.4. The highest BCUT2D eigenvalue weighted by Crippen LogP contribution is 2.27. The Hall–Kier alpha value is -4.15. The Bertz CT molecular complexity index is 1780. The van der Waals surface area contributed by atoms with Crippen LogP contribution >= 0.6 is 0 Å². The summed E-state index contributed by atoms with van der Waals surface area (Å²) in [5.41, 5.74) is 2.30. The van der Waals surface area contributed by atoms with E-state index in [2.05, 4.69) is 30.9 Å². The van der Waals surface area contributed by atoms with Crippen molar-refractivity contribution in [1.82, 2.24) is 19.2 Å². The van der Waals surface area contributed by atoms with Crippen molar-refractivity contribution in [2.24, 2.45) is 7.05 Å². The van der Waals surface area contributed by atoms with Crippen molar-refractivity contribution < 1.29 is 13.2 Å². The number of amides is 1. The predicted molar refractivity (Wildman–Crippen MR) is 174 cm³/mol. The van der Waals surface area contributed by atoms with E-state index in [9.17, 15) is 18.0 Å². The fraction of sp³-hybridized carbons (Fsp3) is 0.353. The number of piperazine rings is 1. The maximum Gasteiger partial charge on any atom is 0.296 e. The number of sulfonamides is 1. The second-order valence-corrected chi connectivity index (χ2v) is 13.4. The van der Waals surface area contributed by atoms with E-state index >= 15 is 0 Å². The van der Waals surface area contributed by atoms with Crippen LogP contribution in [0.15, 0.2) is 94.6 Å². The second kappa shape index (κ2) is 12.8. The Kier molecular flexibility index (Phi) is 9.12. The zero-order valence-corrected chi connectivity index (χ0v) is 26.9. The first-order chi connectivity index (χ1) is 21.1. The van der Waals surface area contributed by atoms with Crippen molar-refractivity contribution in [3.63, 3.8) is 0 Å². The van der Waals surface area contributed by atoms with Gasteiger partial charge in [-0.15, -0.1) is 0 Å². The highest BCUT2D eigenvalue weighted by atomic mass is 32.2. The number of carbonyl (C=O) groups excluding carboxylic acids is 1. The number of benzene rings is 3. The molecule has 0 spiro atoms. The molecular weight excluding hydrogens is 574 g/mol. The lowest BCUT2D eigenvalue weighted by atomic mass is 10.00.